The highest BCUT2D eigenvalue weighted by molar-refractivity contribution is 7.15. The van der Waals surface area contributed by atoms with Gasteiger partial charge >= 0.3 is 12.1 Å². The number of carbonyl (C=O) groups excluding carboxylic acids is 3. The molecule has 1 aromatic heterocycles. The quantitative estimate of drug-likeness (QED) is 0.809. The minimum Gasteiger partial charge on any atom is -0.468 e. The molecule has 2 amide bonds. The second-order valence-electron chi connectivity index (χ2n) is 3.50. The van der Waals surface area contributed by atoms with E-state index in [1.54, 1.807) is 12.3 Å². The first-order valence-electron chi connectivity index (χ1n) is 5.27. The summed E-state index contributed by atoms with van der Waals surface area (Å²) in [6.07, 6.45) is -0.663. The number of ether oxygens (including phenoxy) is 2. The Kier molecular flexibility index (Phi) is 5.31. The van der Waals surface area contributed by atoms with E-state index in [-0.39, 0.29) is 6.54 Å². The van der Waals surface area contributed by atoms with E-state index in [4.69, 9.17) is 0 Å². The summed E-state index contributed by atoms with van der Waals surface area (Å²) >= 11 is 1.20. The molecular weight excluding hydrogens is 272 g/mol. The second-order valence-corrected chi connectivity index (χ2v) is 4.38. The van der Waals surface area contributed by atoms with Crippen LogP contribution in [0.1, 0.15) is 15.9 Å². The van der Waals surface area contributed by atoms with Crippen molar-refractivity contribution in [2.45, 2.75) is 6.92 Å². The Morgan fingerprint density at radius 1 is 1.26 bits per heavy atom. The number of hydrogen-bond acceptors (Lipinski definition) is 6. The molecule has 0 atom stereocenters. The van der Waals surface area contributed by atoms with Crippen molar-refractivity contribution in [2.75, 3.05) is 26.1 Å². The summed E-state index contributed by atoms with van der Waals surface area (Å²) in [5.41, 5.74) is 0.998. The Labute approximate surface area is 113 Å². The van der Waals surface area contributed by atoms with Gasteiger partial charge in [0, 0.05) is 0 Å². The third-order valence-corrected chi connectivity index (χ3v) is 3.24. The molecule has 1 rings (SSSR count). The van der Waals surface area contributed by atoms with E-state index in [0.29, 0.717) is 16.1 Å². The molecule has 1 aromatic rings. The largest absolute Gasteiger partial charge is 0.468 e. The molecular formula is C11H14N2O5S. The molecule has 8 heteroatoms. The van der Waals surface area contributed by atoms with E-state index < -0.39 is 18.0 Å². The second kappa shape index (κ2) is 6.74. The predicted octanol–water partition coefficient (Wildman–Crippen LogP) is 1.14. The van der Waals surface area contributed by atoms with E-state index in [9.17, 15) is 14.4 Å². The zero-order valence-corrected chi connectivity index (χ0v) is 11.6. The molecule has 19 heavy (non-hydrogen) atoms. The van der Waals surface area contributed by atoms with Gasteiger partial charge in [-0.25, -0.2) is 4.79 Å². The lowest BCUT2D eigenvalue weighted by atomic mass is 10.2. The summed E-state index contributed by atoms with van der Waals surface area (Å²) in [6.45, 7) is 1.49. The number of methoxy groups -OCH3 is 2. The molecule has 0 spiro atoms. The number of amides is 2. The molecule has 0 aliphatic heterocycles. The Hall–Kier alpha value is -2.09. The van der Waals surface area contributed by atoms with Gasteiger partial charge in [-0.05, 0) is 17.9 Å². The van der Waals surface area contributed by atoms with Gasteiger partial charge in [-0.15, -0.1) is 11.3 Å². The molecule has 0 fully saturated rings. The van der Waals surface area contributed by atoms with Crippen LogP contribution in [0.5, 0.6) is 0 Å². The normalized spacial score (nSPS) is 9.63. The third kappa shape index (κ3) is 3.95. The number of hydrogen-bond donors (Lipinski definition) is 2. The van der Waals surface area contributed by atoms with Crippen LogP contribution in [0.4, 0.5) is 9.80 Å². The number of carbonyl (C=O) groups is 3. The van der Waals surface area contributed by atoms with E-state index in [2.05, 4.69) is 20.1 Å². The van der Waals surface area contributed by atoms with E-state index in [0.717, 1.165) is 0 Å². The molecule has 0 saturated carbocycles. The summed E-state index contributed by atoms with van der Waals surface area (Å²) in [5, 5.41) is 6.94. The average molecular weight is 286 g/mol. The highest BCUT2D eigenvalue weighted by Gasteiger charge is 2.19. The highest BCUT2D eigenvalue weighted by atomic mass is 32.1. The Balaban J connectivity index is 2.81. The molecule has 0 radical (unpaired) electrons. The zero-order chi connectivity index (χ0) is 14.4. The molecule has 0 saturated heterocycles. The van der Waals surface area contributed by atoms with Gasteiger partial charge in [0.15, 0.2) is 0 Å². The van der Waals surface area contributed by atoms with Crippen LogP contribution in [-0.4, -0.2) is 38.7 Å². The molecule has 7 nitrogen and oxygen atoms in total. The topological polar surface area (TPSA) is 93.7 Å². The lowest BCUT2D eigenvalue weighted by Crippen LogP contribution is -2.31. The van der Waals surface area contributed by atoms with Crippen LogP contribution in [0, 0.1) is 6.92 Å². The maximum atomic E-state index is 11.9. The van der Waals surface area contributed by atoms with Crippen molar-refractivity contribution in [1.29, 1.82) is 0 Å². The number of nitrogens with one attached hydrogen (secondary N) is 2. The van der Waals surface area contributed by atoms with Crippen LogP contribution in [0.3, 0.4) is 0 Å². The van der Waals surface area contributed by atoms with Gasteiger partial charge in [-0.2, -0.15) is 0 Å². The molecule has 104 valence electrons. The van der Waals surface area contributed by atoms with Gasteiger partial charge in [0.2, 0.25) is 0 Å². The molecule has 0 unspecified atom stereocenters. The first kappa shape index (κ1) is 15.0. The molecule has 0 aliphatic rings. The maximum absolute atomic E-state index is 11.9. The van der Waals surface area contributed by atoms with E-state index >= 15 is 0 Å². The van der Waals surface area contributed by atoms with Crippen molar-refractivity contribution in [3.63, 3.8) is 0 Å². The standard InChI is InChI=1S/C11H14N2O5S/c1-6-5-19-10(13-11(16)18-3)8(6)9(15)12-4-7(14)17-2/h5H,4H2,1-3H3,(H,12,15)(H,13,16). The maximum Gasteiger partial charge on any atom is 0.411 e. The smallest absolute Gasteiger partial charge is 0.411 e. The van der Waals surface area contributed by atoms with Crippen molar-refractivity contribution < 1.29 is 23.9 Å². The zero-order valence-electron chi connectivity index (χ0n) is 10.7. The van der Waals surface area contributed by atoms with Gasteiger partial charge in [0.25, 0.3) is 5.91 Å². The first-order valence-corrected chi connectivity index (χ1v) is 6.15. The summed E-state index contributed by atoms with van der Waals surface area (Å²) in [4.78, 5) is 34.0. The van der Waals surface area contributed by atoms with Gasteiger partial charge in [0.05, 0.1) is 19.8 Å². The number of anilines is 1. The fourth-order valence-electron chi connectivity index (χ4n) is 1.28. The van der Waals surface area contributed by atoms with Gasteiger partial charge in [0.1, 0.15) is 11.5 Å². The van der Waals surface area contributed by atoms with Crippen LogP contribution >= 0.6 is 11.3 Å². The third-order valence-electron chi connectivity index (χ3n) is 2.22. The van der Waals surface area contributed by atoms with Crippen molar-refractivity contribution in [3.8, 4) is 0 Å². The molecule has 1 heterocycles. The fourth-order valence-corrected chi connectivity index (χ4v) is 2.20. The number of aryl methyl sites for hydroxylation is 1. The number of thiophene rings is 1. The lowest BCUT2D eigenvalue weighted by molar-refractivity contribution is -0.139. The molecule has 2 N–H and O–H groups in total. The van der Waals surface area contributed by atoms with Crippen LogP contribution < -0.4 is 10.6 Å². The van der Waals surface area contributed by atoms with Gasteiger partial charge < -0.3 is 14.8 Å². The Morgan fingerprint density at radius 2 is 1.95 bits per heavy atom. The van der Waals surface area contributed by atoms with Crippen LogP contribution in [0.15, 0.2) is 5.38 Å². The highest BCUT2D eigenvalue weighted by Crippen LogP contribution is 2.27. The average Bonchev–Trinajstić information content (AvgIpc) is 2.76. The van der Waals surface area contributed by atoms with Gasteiger partial charge in [-0.3, -0.25) is 14.9 Å². The Bertz CT molecular complexity index is 497. The lowest BCUT2D eigenvalue weighted by Gasteiger charge is -2.07. The van der Waals surface area contributed by atoms with Gasteiger partial charge in [-0.1, -0.05) is 0 Å². The SMILES string of the molecule is COC(=O)CNC(=O)c1c(C)csc1NC(=O)OC. The number of rotatable bonds is 4. The number of esters is 1. The van der Waals surface area contributed by atoms with Crippen LogP contribution in [0.25, 0.3) is 0 Å². The monoisotopic (exact) mass is 286 g/mol. The molecule has 0 aliphatic carbocycles. The minimum atomic E-state index is -0.663. The van der Waals surface area contributed by atoms with Crippen LogP contribution in [-0.2, 0) is 14.3 Å². The summed E-state index contributed by atoms with van der Waals surface area (Å²) in [7, 11) is 2.46. The molecule has 0 aromatic carbocycles. The predicted molar refractivity (Wildman–Crippen MR) is 69.4 cm³/mol. The van der Waals surface area contributed by atoms with Crippen LogP contribution in [0.2, 0.25) is 0 Å². The van der Waals surface area contributed by atoms with Crippen molar-refractivity contribution in [2.24, 2.45) is 0 Å². The van der Waals surface area contributed by atoms with Crippen molar-refractivity contribution >= 4 is 34.3 Å². The van der Waals surface area contributed by atoms with Crippen molar-refractivity contribution in [3.05, 3.63) is 16.5 Å². The van der Waals surface area contributed by atoms with Crippen molar-refractivity contribution in [1.82, 2.24) is 5.32 Å². The fraction of sp³-hybridized carbons (Fsp3) is 0.364. The first-order chi connectivity index (χ1) is 8.99. The van der Waals surface area contributed by atoms with E-state index in [1.807, 2.05) is 0 Å². The van der Waals surface area contributed by atoms with E-state index in [1.165, 1.54) is 25.6 Å². The summed E-state index contributed by atoms with van der Waals surface area (Å²) in [5.74, 6) is -1.01. The summed E-state index contributed by atoms with van der Waals surface area (Å²) in [6, 6.07) is 0. The Morgan fingerprint density at radius 3 is 2.53 bits per heavy atom. The minimum absolute atomic E-state index is 0.234. The summed E-state index contributed by atoms with van der Waals surface area (Å²) < 4.78 is 8.88. The molecule has 0 bridgehead atoms.